The fourth-order valence-corrected chi connectivity index (χ4v) is 3.61. The number of methoxy groups -OCH3 is 2. The first-order valence-electron chi connectivity index (χ1n) is 9.37. The molecular formula is C24H18ClNO5. The van der Waals surface area contributed by atoms with Crippen LogP contribution in [0.15, 0.2) is 75.9 Å². The van der Waals surface area contributed by atoms with Crippen LogP contribution in [-0.4, -0.2) is 20.1 Å². The highest BCUT2D eigenvalue weighted by atomic mass is 35.5. The predicted octanol–water partition coefficient (Wildman–Crippen LogP) is 5.38. The molecule has 0 bridgehead atoms. The van der Waals surface area contributed by atoms with E-state index < -0.39 is 11.5 Å². The second kappa shape index (κ2) is 8.53. The Morgan fingerprint density at radius 1 is 0.903 bits per heavy atom. The number of carbonyl (C=O) groups excluding carboxylic acids is 1. The van der Waals surface area contributed by atoms with E-state index in [1.165, 1.54) is 14.2 Å². The molecular weight excluding hydrogens is 418 g/mol. The number of nitrogens with one attached hydrogen (secondary N) is 1. The number of para-hydroxylation sites is 1. The summed E-state index contributed by atoms with van der Waals surface area (Å²) in [5, 5.41) is 3.87. The summed E-state index contributed by atoms with van der Waals surface area (Å²) in [5.41, 5.74) is 1.58. The number of amides is 1. The number of ether oxygens (including phenoxy) is 2. The van der Waals surface area contributed by atoms with Crippen LogP contribution in [0.5, 0.6) is 11.5 Å². The first-order chi connectivity index (χ1) is 15.0. The van der Waals surface area contributed by atoms with Crippen LogP contribution >= 0.6 is 11.6 Å². The van der Waals surface area contributed by atoms with Crippen LogP contribution in [0.2, 0.25) is 5.02 Å². The maximum Gasteiger partial charge on any atom is 0.344 e. The second-order valence-electron chi connectivity index (χ2n) is 6.67. The lowest BCUT2D eigenvalue weighted by molar-refractivity contribution is 0.102. The first kappa shape index (κ1) is 20.5. The van der Waals surface area contributed by atoms with Crippen molar-refractivity contribution < 1.29 is 18.7 Å². The lowest BCUT2D eigenvalue weighted by Gasteiger charge is -2.13. The first-order valence-corrected chi connectivity index (χ1v) is 9.74. The third-order valence-electron chi connectivity index (χ3n) is 4.81. The number of hydrogen-bond acceptors (Lipinski definition) is 5. The standard InChI is InChI=1S/C24H18ClNO5/c1-29-20-8-5-9-21(30-2)22(20)23(27)26-15-10-11-16(18(25)13-15)17-12-14-6-3-4-7-19(14)31-24(17)28/h3-13H,1-2H3,(H,26,27). The van der Waals surface area contributed by atoms with Crippen LogP contribution < -0.4 is 20.4 Å². The number of halogens is 1. The smallest absolute Gasteiger partial charge is 0.344 e. The van der Waals surface area contributed by atoms with Gasteiger partial charge in [-0.2, -0.15) is 0 Å². The van der Waals surface area contributed by atoms with Gasteiger partial charge in [0.05, 0.1) is 24.8 Å². The SMILES string of the molecule is COc1cccc(OC)c1C(=O)Nc1ccc(-c2cc3ccccc3oc2=O)c(Cl)c1. The van der Waals surface area contributed by atoms with Crippen LogP contribution in [0, 0.1) is 0 Å². The molecule has 1 N–H and O–H groups in total. The van der Waals surface area contributed by atoms with E-state index in [2.05, 4.69) is 5.32 Å². The molecule has 0 spiro atoms. The molecule has 0 saturated carbocycles. The third kappa shape index (κ3) is 3.98. The molecule has 31 heavy (non-hydrogen) atoms. The van der Waals surface area contributed by atoms with Crippen LogP contribution in [0.25, 0.3) is 22.1 Å². The molecule has 4 rings (SSSR count). The highest BCUT2D eigenvalue weighted by Gasteiger charge is 2.19. The van der Waals surface area contributed by atoms with E-state index in [1.54, 1.807) is 54.6 Å². The van der Waals surface area contributed by atoms with Gasteiger partial charge in [-0.1, -0.05) is 41.9 Å². The van der Waals surface area contributed by atoms with E-state index >= 15 is 0 Å². The summed E-state index contributed by atoms with van der Waals surface area (Å²) in [6.45, 7) is 0. The van der Waals surface area contributed by atoms with Gasteiger partial charge >= 0.3 is 5.63 Å². The maximum atomic E-state index is 12.9. The Labute approximate surface area is 183 Å². The summed E-state index contributed by atoms with van der Waals surface area (Å²) in [4.78, 5) is 25.3. The van der Waals surface area contributed by atoms with Crippen molar-refractivity contribution in [2.45, 2.75) is 0 Å². The van der Waals surface area contributed by atoms with Gasteiger partial charge in [0.2, 0.25) is 0 Å². The molecule has 6 nitrogen and oxygen atoms in total. The summed E-state index contributed by atoms with van der Waals surface area (Å²) in [7, 11) is 2.96. The number of rotatable bonds is 5. The minimum Gasteiger partial charge on any atom is -0.496 e. The molecule has 0 atom stereocenters. The fraction of sp³-hybridized carbons (Fsp3) is 0.0833. The molecule has 0 fully saturated rings. The van der Waals surface area contributed by atoms with Crippen LogP contribution in [0.3, 0.4) is 0 Å². The van der Waals surface area contributed by atoms with Gasteiger partial charge in [0, 0.05) is 16.6 Å². The molecule has 0 aliphatic carbocycles. The van der Waals surface area contributed by atoms with Gasteiger partial charge in [-0.25, -0.2) is 4.79 Å². The van der Waals surface area contributed by atoms with Crippen molar-refractivity contribution in [2.75, 3.05) is 19.5 Å². The molecule has 156 valence electrons. The van der Waals surface area contributed by atoms with E-state index in [0.717, 1.165) is 5.39 Å². The van der Waals surface area contributed by atoms with E-state index in [4.69, 9.17) is 25.5 Å². The minimum atomic E-state index is -0.490. The highest BCUT2D eigenvalue weighted by molar-refractivity contribution is 6.33. The largest absolute Gasteiger partial charge is 0.496 e. The topological polar surface area (TPSA) is 77.8 Å². The Morgan fingerprint density at radius 2 is 1.61 bits per heavy atom. The summed E-state index contributed by atoms with van der Waals surface area (Å²) >= 11 is 6.45. The zero-order valence-electron chi connectivity index (χ0n) is 16.8. The highest BCUT2D eigenvalue weighted by Crippen LogP contribution is 2.32. The molecule has 0 aliphatic rings. The lowest BCUT2D eigenvalue weighted by Crippen LogP contribution is -2.14. The van der Waals surface area contributed by atoms with Crippen molar-refractivity contribution in [3.63, 3.8) is 0 Å². The average Bonchev–Trinajstić information content (AvgIpc) is 2.78. The summed E-state index contributed by atoms with van der Waals surface area (Å²) < 4.78 is 16.0. The van der Waals surface area contributed by atoms with Crippen molar-refractivity contribution in [2.24, 2.45) is 0 Å². The van der Waals surface area contributed by atoms with Crippen molar-refractivity contribution in [3.05, 3.63) is 87.7 Å². The number of benzene rings is 3. The third-order valence-corrected chi connectivity index (χ3v) is 5.13. The molecule has 0 saturated heterocycles. The van der Waals surface area contributed by atoms with E-state index in [9.17, 15) is 9.59 Å². The molecule has 0 radical (unpaired) electrons. The molecule has 1 aromatic heterocycles. The van der Waals surface area contributed by atoms with Gasteiger partial charge in [0.25, 0.3) is 5.91 Å². The zero-order valence-corrected chi connectivity index (χ0v) is 17.5. The molecule has 1 heterocycles. The van der Waals surface area contributed by atoms with Gasteiger partial charge in [0.15, 0.2) is 0 Å². The fourth-order valence-electron chi connectivity index (χ4n) is 3.33. The molecule has 1 amide bonds. The van der Waals surface area contributed by atoms with E-state index in [-0.39, 0.29) is 5.56 Å². The number of hydrogen-bond donors (Lipinski definition) is 1. The van der Waals surface area contributed by atoms with Crippen LogP contribution in [0.1, 0.15) is 10.4 Å². The van der Waals surface area contributed by atoms with Crippen molar-refractivity contribution in [1.29, 1.82) is 0 Å². The van der Waals surface area contributed by atoms with Crippen LogP contribution in [0.4, 0.5) is 5.69 Å². The second-order valence-corrected chi connectivity index (χ2v) is 7.08. The number of carbonyl (C=O) groups is 1. The minimum absolute atomic E-state index is 0.267. The predicted molar refractivity (Wildman–Crippen MR) is 120 cm³/mol. The Kier molecular flexibility index (Phi) is 5.64. The van der Waals surface area contributed by atoms with Gasteiger partial charge in [-0.3, -0.25) is 4.79 Å². The molecule has 0 aliphatic heterocycles. The Balaban J connectivity index is 1.67. The Bertz CT molecular complexity index is 1320. The van der Waals surface area contributed by atoms with Gasteiger partial charge < -0.3 is 19.2 Å². The van der Waals surface area contributed by atoms with Crippen molar-refractivity contribution >= 4 is 34.2 Å². The van der Waals surface area contributed by atoms with Gasteiger partial charge in [-0.05, 0) is 36.4 Å². The normalized spacial score (nSPS) is 10.7. The number of anilines is 1. The summed E-state index contributed by atoms with van der Waals surface area (Å²) in [6, 6.07) is 19.0. The zero-order chi connectivity index (χ0) is 22.0. The lowest BCUT2D eigenvalue weighted by atomic mass is 10.1. The Hall–Kier alpha value is -3.77. The Morgan fingerprint density at radius 3 is 2.29 bits per heavy atom. The molecule has 4 aromatic rings. The monoisotopic (exact) mass is 435 g/mol. The summed E-state index contributed by atoms with van der Waals surface area (Å²) in [5.74, 6) is 0.352. The average molecular weight is 436 g/mol. The van der Waals surface area contributed by atoms with Crippen LogP contribution in [-0.2, 0) is 0 Å². The molecule has 7 heteroatoms. The molecule has 3 aromatic carbocycles. The quantitative estimate of drug-likeness (QED) is 0.425. The van der Waals surface area contributed by atoms with Gasteiger partial charge in [0.1, 0.15) is 22.6 Å². The van der Waals surface area contributed by atoms with E-state index in [0.29, 0.717) is 38.9 Å². The summed E-state index contributed by atoms with van der Waals surface area (Å²) in [6.07, 6.45) is 0. The number of fused-ring (bicyclic) bond motifs is 1. The molecule has 0 unspecified atom stereocenters. The maximum absolute atomic E-state index is 12.9. The van der Waals surface area contributed by atoms with Gasteiger partial charge in [-0.15, -0.1) is 0 Å². The van der Waals surface area contributed by atoms with E-state index in [1.807, 2.05) is 12.1 Å². The van der Waals surface area contributed by atoms with Crippen molar-refractivity contribution in [3.8, 4) is 22.6 Å². The van der Waals surface area contributed by atoms with Crippen molar-refractivity contribution in [1.82, 2.24) is 0 Å².